The van der Waals surface area contributed by atoms with E-state index in [1.165, 1.54) is 0 Å². The third-order valence-corrected chi connectivity index (χ3v) is 4.92. The minimum absolute atomic E-state index is 0.0792. The second kappa shape index (κ2) is 4.55. The SMILES string of the molecule is O=S1(=O)CCC(Oc2cc(Br)ccc2Cl)C1. The Kier molecular flexibility index (Phi) is 3.47. The van der Waals surface area contributed by atoms with E-state index in [4.69, 9.17) is 16.3 Å². The van der Waals surface area contributed by atoms with Crippen LogP contribution in [-0.2, 0) is 9.84 Å². The van der Waals surface area contributed by atoms with Crippen molar-refractivity contribution in [3.05, 3.63) is 27.7 Å². The Bertz CT molecular complexity index is 501. The molecule has 0 aliphatic carbocycles. The summed E-state index contributed by atoms with van der Waals surface area (Å²) in [6, 6.07) is 5.26. The van der Waals surface area contributed by atoms with E-state index in [0.29, 0.717) is 17.2 Å². The summed E-state index contributed by atoms with van der Waals surface area (Å²) in [7, 11) is -2.92. The van der Waals surface area contributed by atoms with E-state index >= 15 is 0 Å². The van der Waals surface area contributed by atoms with Crippen LogP contribution in [0.4, 0.5) is 0 Å². The van der Waals surface area contributed by atoms with Crippen molar-refractivity contribution in [2.24, 2.45) is 0 Å². The molecule has 0 spiro atoms. The highest BCUT2D eigenvalue weighted by atomic mass is 79.9. The average molecular weight is 326 g/mol. The van der Waals surface area contributed by atoms with Gasteiger partial charge in [0.2, 0.25) is 0 Å². The van der Waals surface area contributed by atoms with Crippen molar-refractivity contribution >= 4 is 37.4 Å². The maximum absolute atomic E-state index is 11.3. The van der Waals surface area contributed by atoms with Crippen molar-refractivity contribution in [2.45, 2.75) is 12.5 Å². The van der Waals surface area contributed by atoms with E-state index in [0.717, 1.165) is 4.47 Å². The summed E-state index contributed by atoms with van der Waals surface area (Å²) in [5, 5.41) is 0.493. The Morgan fingerprint density at radius 1 is 1.44 bits per heavy atom. The zero-order chi connectivity index (χ0) is 11.8. The first-order valence-corrected chi connectivity index (χ1v) is 7.78. The lowest BCUT2D eigenvalue weighted by atomic mass is 10.3. The lowest BCUT2D eigenvalue weighted by Crippen LogP contribution is -2.17. The molecule has 1 fully saturated rings. The summed E-state index contributed by atoms with van der Waals surface area (Å²) in [5.74, 6) is 0.803. The van der Waals surface area contributed by atoms with Crippen LogP contribution in [0.25, 0.3) is 0 Å². The van der Waals surface area contributed by atoms with Crippen molar-refractivity contribution < 1.29 is 13.2 Å². The largest absolute Gasteiger partial charge is 0.488 e. The van der Waals surface area contributed by atoms with Crippen molar-refractivity contribution in [1.29, 1.82) is 0 Å². The molecule has 0 radical (unpaired) electrons. The highest BCUT2D eigenvalue weighted by Crippen LogP contribution is 2.30. The van der Waals surface area contributed by atoms with Gasteiger partial charge in [-0.3, -0.25) is 0 Å². The van der Waals surface area contributed by atoms with Gasteiger partial charge in [0.1, 0.15) is 11.9 Å². The molecule has 0 amide bonds. The molecule has 0 saturated carbocycles. The van der Waals surface area contributed by atoms with Gasteiger partial charge >= 0.3 is 0 Å². The van der Waals surface area contributed by atoms with Crippen LogP contribution in [0.15, 0.2) is 22.7 Å². The Morgan fingerprint density at radius 2 is 2.19 bits per heavy atom. The first kappa shape index (κ1) is 12.2. The monoisotopic (exact) mass is 324 g/mol. The van der Waals surface area contributed by atoms with Crippen LogP contribution in [0, 0.1) is 0 Å². The Morgan fingerprint density at radius 3 is 2.81 bits per heavy atom. The number of hydrogen-bond acceptors (Lipinski definition) is 3. The molecule has 0 bridgehead atoms. The fourth-order valence-electron chi connectivity index (χ4n) is 1.60. The van der Waals surface area contributed by atoms with Crippen LogP contribution in [0.5, 0.6) is 5.75 Å². The molecule has 3 nitrogen and oxygen atoms in total. The normalized spacial score (nSPS) is 23.2. The van der Waals surface area contributed by atoms with E-state index in [2.05, 4.69) is 15.9 Å². The van der Waals surface area contributed by atoms with Crippen molar-refractivity contribution in [1.82, 2.24) is 0 Å². The molecule has 0 aromatic heterocycles. The Balaban J connectivity index is 2.13. The summed E-state index contributed by atoms with van der Waals surface area (Å²) >= 11 is 9.26. The van der Waals surface area contributed by atoms with Crippen LogP contribution in [0.1, 0.15) is 6.42 Å². The molecule has 88 valence electrons. The zero-order valence-corrected chi connectivity index (χ0v) is 11.5. The fraction of sp³-hybridized carbons (Fsp3) is 0.400. The molecule has 1 saturated heterocycles. The molecule has 1 atom stereocenters. The quantitative estimate of drug-likeness (QED) is 0.839. The second-order valence-electron chi connectivity index (χ2n) is 3.72. The molecule has 1 aromatic rings. The highest BCUT2D eigenvalue weighted by Gasteiger charge is 2.29. The molecule has 0 N–H and O–H groups in total. The number of hydrogen-bond donors (Lipinski definition) is 0. The van der Waals surface area contributed by atoms with Crippen molar-refractivity contribution in [3.63, 3.8) is 0 Å². The average Bonchev–Trinajstić information content (AvgIpc) is 2.52. The molecule has 6 heteroatoms. The minimum atomic E-state index is -2.92. The maximum atomic E-state index is 11.3. The first-order valence-electron chi connectivity index (χ1n) is 4.78. The summed E-state index contributed by atoms with van der Waals surface area (Å²) in [6.45, 7) is 0. The van der Waals surface area contributed by atoms with Gasteiger partial charge in [0.05, 0.1) is 16.5 Å². The van der Waals surface area contributed by atoms with E-state index < -0.39 is 9.84 Å². The van der Waals surface area contributed by atoms with Gasteiger partial charge in [0.15, 0.2) is 9.84 Å². The van der Waals surface area contributed by atoms with Gasteiger partial charge < -0.3 is 4.74 Å². The van der Waals surface area contributed by atoms with E-state index in [-0.39, 0.29) is 17.6 Å². The lowest BCUT2D eigenvalue weighted by Gasteiger charge is -2.13. The van der Waals surface area contributed by atoms with Gasteiger partial charge in [0.25, 0.3) is 0 Å². The Labute approximate surface area is 108 Å². The van der Waals surface area contributed by atoms with Crippen LogP contribution in [0.3, 0.4) is 0 Å². The summed E-state index contributed by atoms with van der Waals surface area (Å²) in [5.41, 5.74) is 0. The minimum Gasteiger partial charge on any atom is -0.488 e. The van der Waals surface area contributed by atoms with E-state index in [1.54, 1.807) is 18.2 Å². The molecule has 1 aliphatic rings. The number of ether oxygens (including phenoxy) is 1. The number of rotatable bonds is 2. The number of halogens is 2. The summed E-state index contributed by atoms with van der Waals surface area (Å²) in [4.78, 5) is 0. The molecule has 2 rings (SSSR count). The first-order chi connectivity index (χ1) is 7.46. The number of sulfone groups is 1. The van der Waals surface area contributed by atoms with E-state index in [1.807, 2.05) is 0 Å². The van der Waals surface area contributed by atoms with Gasteiger partial charge in [0, 0.05) is 4.47 Å². The number of benzene rings is 1. The molecule has 1 unspecified atom stereocenters. The summed E-state index contributed by atoms with van der Waals surface area (Å²) < 4.78 is 29.0. The molecular weight excluding hydrogens is 316 g/mol. The molecular formula is C10H10BrClO3S. The molecule has 1 aliphatic heterocycles. The smallest absolute Gasteiger partial charge is 0.154 e. The molecule has 1 aromatic carbocycles. The molecule has 16 heavy (non-hydrogen) atoms. The lowest BCUT2D eigenvalue weighted by molar-refractivity contribution is 0.229. The van der Waals surface area contributed by atoms with Crippen LogP contribution in [-0.4, -0.2) is 26.0 Å². The van der Waals surface area contributed by atoms with Gasteiger partial charge in [-0.2, -0.15) is 0 Å². The zero-order valence-electron chi connectivity index (χ0n) is 8.32. The predicted octanol–water partition coefficient (Wildman–Crippen LogP) is 2.67. The van der Waals surface area contributed by atoms with Gasteiger partial charge in [-0.15, -0.1) is 0 Å². The third kappa shape index (κ3) is 2.90. The van der Waals surface area contributed by atoms with Crippen molar-refractivity contribution in [3.8, 4) is 5.75 Å². The van der Waals surface area contributed by atoms with Gasteiger partial charge in [-0.1, -0.05) is 27.5 Å². The molecule has 1 heterocycles. The van der Waals surface area contributed by atoms with Gasteiger partial charge in [-0.05, 0) is 24.6 Å². The van der Waals surface area contributed by atoms with Crippen molar-refractivity contribution in [2.75, 3.05) is 11.5 Å². The van der Waals surface area contributed by atoms with E-state index in [9.17, 15) is 8.42 Å². The second-order valence-corrected chi connectivity index (χ2v) is 7.27. The van der Waals surface area contributed by atoms with Crippen LogP contribution >= 0.6 is 27.5 Å². The highest BCUT2D eigenvalue weighted by molar-refractivity contribution is 9.10. The summed E-state index contributed by atoms with van der Waals surface area (Å²) in [6.07, 6.45) is 0.252. The van der Waals surface area contributed by atoms with Crippen LogP contribution in [0.2, 0.25) is 5.02 Å². The Hall–Kier alpha value is -0.260. The topological polar surface area (TPSA) is 43.4 Å². The standard InChI is InChI=1S/C10H10BrClO3S/c11-7-1-2-9(12)10(5-7)15-8-3-4-16(13,14)6-8/h1-2,5,8H,3-4,6H2. The van der Waals surface area contributed by atoms with Gasteiger partial charge in [-0.25, -0.2) is 8.42 Å². The van der Waals surface area contributed by atoms with Crippen LogP contribution < -0.4 is 4.74 Å². The predicted molar refractivity (Wildman–Crippen MR) is 66.8 cm³/mol. The third-order valence-electron chi connectivity index (χ3n) is 2.38. The fourth-order valence-corrected chi connectivity index (χ4v) is 3.69. The maximum Gasteiger partial charge on any atom is 0.154 e.